The van der Waals surface area contributed by atoms with E-state index in [1.54, 1.807) is 0 Å². The predicted molar refractivity (Wildman–Crippen MR) is 63.9 cm³/mol. The van der Waals surface area contributed by atoms with Crippen molar-refractivity contribution in [1.82, 2.24) is 0 Å². The van der Waals surface area contributed by atoms with E-state index in [4.69, 9.17) is 9.47 Å². The second-order valence-corrected chi connectivity index (χ2v) is 5.42. The summed E-state index contributed by atoms with van der Waals surface area (Å²) in [6, 6.07) is 6.10. The summed E-state index contributed by atoms with van der Waals surface area (Å²) in [4.78, 5) is 0.340. The first-order chi connectivity index (χ1) is 7.16. The van der Waals surface area contributed by atoms with E-state index in [0.717, 1.165) is 24.7 Å². The molecule has 3 heteroatoms. The highest BCUT2D eigenvalue weighted by atomic mass is 79.9. The zero-order chi connectivity index (χ0) is 10.8. The van der Waals surface area contributed by atoms with Gasteiger partial charge in [0.2, 0.25) is 0 Å². The summed E-state index contributed by atoms with van der Waals surface area (Å²) in [6.07, 6.45) is 0. The van der Waals surface area contributed by atoms with Gasteiger partial charge < -0.3 is 9.47 Å². The van der Waals surface area contributed by atoms with Crippen molar-refractivity contribution in [2.24, 2.45) is 5.92 Å². The Bertz CT molecular complexity index is 349. The molecule has 2 nitrogen and oxygen atoms in total. The molecule has 15 heavy (non-hydrogen) atoms. The number of rotatable bonds is 1. The van der Waals surface area contributed by atoms with Crippen LogP contribution in [0.3, 0.4) is 0 Å². The molecule has 1 aliphatic rings. The first kappa shape index (κ1) is 10.8. The maximum atomic E-state index is 5.71. The van der Waals surface area contributed by atoms with Crippen LogP contribution in [0.2, 0.25) is 0 Å². The van der Waals surface area contributed by atoms with Crippen LogP contribution in [0.1, 0.15) is 24.2 Å². The standard InChI is InChI=1S/C12H15BrO2/c1-8-6-14-11-4-3-10(9(2)13)5-12(11)15-7-8/h3-5,8-9H,6-7H2,1-2H3. The monoisotopic (exact) mass is 270 g/mol. The van der Waals surface area contributed by atoms with E-state index in [1.807, 2.05) is 12.1 Å². The Morgan fingerprint density at radius 1 is 1.27 bits per heavy atom. The van der Waals surface area contributed by atoms with Gasteiger partial charge in [-0.2, -0.15) is 0 Å². The summed E-state index contributed by atoms with van der Waals surface area (Å²) in [7, 11) is 0. The molecule has 0 aromatic heterocycles. The van der Waals surface area contributed by atoms with Gasteiger partial charge in [0.1, 0.15) is 0 Å². The van der Waals surface area contributed by atoms with E-state index in [1.165, 1.54) is 5.56 Å². The first-order valence-corrected chi connectivity index (χ1v) is 6.12. The number of hydrogen-bond acceptors (Lipinski definition) is 2. The van der Waals surface area contributed by atoms with Gasteiger partial charge in [-0.15, -0.1) is 0 Å². The van der Waals surface area contributed by atoms with E-state index in [2.05, 4.69) is 35.8 Å². The van der Waals surface area contributed by atoms with E-state index in [-0.39, 0.29) is 0 Å². The summed E-state index contributed by atoms with van der Waals surface area (Å²) in [5.41, 5.74) is 1.21. The van der Waals surface area contributed by atoms with Gasteiger partial charge >= 0.3 is 0 Å². The molecule has 0 aliphatic carbocycles. The fourth-order valence-electron chi connectivity index (χ4n) is 1.52. The van der Waals surface area contributed by atoms with Crippen molar-refractivity contribution in [3.05, 3.63) is 23.8 Å². The van der Waals surface area contributed by atoms with Crippen LogP contribution in [-0.2, 0) is 0 Å². The van der Waals surface area contributed by atoms with E-state index < -0.39 is 0 Å². The molecule has 2 rings (SSSR count). The molecule has 0 spiro atoms. The molecule has 0 bridgehead atoms. The lowest BCUT2D eigenvalue weighted by atomic mass is 10.1. The Morgan fingerprint density at radius 2 is 1.93 bits per heavy atom. The van der Waals surface area contributed by atoms with Crippen molar-refractivity contribution in [2.45, 2.75) is 18.7 Å². The lowest BCUT2D eigenvalue weighted by Gasteiger charge is -2.10. The van der Waals surface area contributed by atoms with Crippen molar-refractivity contribution in [3.8, 4) is 11.5 Å². The Hall–Kier alpha value is -0.700. The number of alkyl halides is 1. The van der Waals surface area contributed by atoms with Crippen LogP contribution >= 0.6 is 15.9 Å². The zero-order valence-corrected chi connectivity index (χ0v) is 10.6. The molecule has 0 saturated heterocycles. The van der Waals surface area contributed by atoms with Crippen molar-refractivity contribution in [2.75, 3.05) is 13.2 Å². The third kappa shape index (κ3) is 2.46. The van der Waals surface area contributed by atoms with Gasteiger partial charge in [-0.05, 0) is 24.6 Å². The quantitative estimate of drug-likeness (QED) is 0.727. The van der Waals surface area contributed by atoms with Crippen LogP contribution in [0.5, 0.6) is 11.5 Å². The van der Waals surface area contributed by atoms with Gasteiger partial charge in [-0.25, -0.2) is 0 Å². The molecule has 0 fully saturated rings. The Labute approximate surface area is 98.7 Å². The molecule has 2 atom stereocenters. The van der Waals surface area contributed by atoms with Crippen molar-refractivity contribution in [1.29, 1.82) is 0 Å². The third-order valence-electron chi connectivity index (χ3n) is 2.47. The highest BCUT2D eigenvalue weighted by Gasteiger charge is 2.15. The van der Waals surface area contributed by atoms with Gasteiger partial charge in [0.25, 0.3) is 0 Å². The Balaban J connectivity index is 2.28. The Morgan fingerprint density at radius 3 is 2.60 bits per heavy atom. The van der Waals surface area contributed by atoms with Gasteiger partial charge in [-0.1, -0.05) is 28.9 Å². The summed E-state index contributed by atoms with van der Waals surface area (Å²) in [5, 5.41) is 0. The minimum absolute atomic E-state index is 0.340. The average Bonchev–Trinajstić information content (AvgIpc) is 2.40. The molecule has 0 N–H and O–H groups in total. The molecule has 1 aromatic carbocycles. The maximum Gasteiger partial charge on any atom is 0.161 e. The lowest BCUT2D eigenvalue weighted by Crippen LogP contribution is -2.12. The Kier molecular flexibility index (Phi) is 3.19. The second kappa shape index (κ2) is 4.44. The fraction of sp³-hybridized carbons (Fsp3) is 0.500. The van der Waals surface area contributed by atoms with Gasteiger partial charge in [0.05, 0.1) is 13.2 Å². The maximum absolute atomic E-state index is 5.71. The first-order valence-electron chi connectivity index (χ1n) is 5.20. The van der Waals surface area contributed by atoms with E-state index in [9.17, 15) is 0 Å². The molecule has 82 valence electrons. The molecule has 0 saturated carbocycles. The largest absolute Gasteiger partial charge is 0.489 e. The predicted octanol–water partition coefficient (Wildman–Crippen LogP) is 3.55. The van der Waals surface area contributed by atoms with Crippen LogP contribution < -0.4 is 9.47 Å². The zero-order valence-electron chi connectivity index (χ0n) is 9.00. The van der Waals surface area contributed by atoms with Crippen LogP contribution in [0, 0.1) is 5.92 Å². The summed E-state index contributed by atoms with van der Waals surface area (Å²) in [5.74, 6) is 2.17. The van der Waals surface area contributed by atoms with Gasteiger partial charge in [0, 0.05) is 10.7 Å². The molecule has 1 heterocycles. The number of fused-ring (bicyclic) bond motifs is 1. The van der Waals surface area contributed by atoms with E-state index in [0.29, 0.717) is 10.7 Å². The molecule has 1 aromatic rings. The normalized spacial score (nSPS) is 21.9. The van der Waals surface area contributed by atoms with Crippen LogP contribution in [-0.4, -0.2) is 13.2 Å². The highest BCUT2D eigenvalue weighted by Crippen LogP contribution is 2.34. The topological polar surface area (TPSA) is 18.5 Å². The summed E-state index contributed by atoms with van der Waals surface area (Å²) in [6.45, 7) is 5.69. The van der Waals surface area contributed by atoms with Crippen molar-refractivity contribution < 1.29 is 9.47 Å². The average molecular weight is 271 g/mol. The number of halogens is 1. The second-order valence-electron chi connectivity index (χ2n) is 4.05. The molecule has 1 aliphatic heterocycles. The van der Waals surface area contributed by atoms with Crippen molar-refractivity contribution >= 4 is 15.9 Å². The number of ether oxygens (including phenoxy) is 2. The molecule has 0 amide bonds. The van der Waals surface area contributed by atoms with E-state index >= 15 is 0 Å². The lowest BCUT2D eigenvalue weighted by molar-refractivity contribution is 0.228. The van der Waals surface area contributed by atoms with Crippen molar-refractivity contribution in [3.63, 3.8) is 0 Å². The molecular formula is C12H15BrO2. The van der Waals surface area contributed by atoms with Crippen LogP contribution in [0.15, 0.2) is 18.2 Å². The molecule has 0 radical (unpaired) electrons. The minimum atomic E-state index is 0.340. The smallest absolute Gasteiger partial charge is 0.161 e. The fourth-order valence-corrected chi connectivity index (χ4v) is 1.80. The van der Waals surface area contributed by atoms with Gasteiger partial charge in [-0.3, -0.25) is 0 Å². The molecular weight excluding hydrogens is 256 g/mol. The number of benzene rings is 1. The number of hydrogen-bond donors (Lipinski definition) is 0. The summed E-state index contributed by atoms with van der Waals surface area (Å²) >= 11 is 3.55. The van der Waals surface area contributed by atoms with Crippen LogP contribution in [0.25, 0.3) is 0 Å². The third-order valence-corrected chi connectivity index (χ3v) is 3.00. The molecule has 2 unspecified atom stereocenters. The van der Waals surface area contributed by atoms with Crippen LogP contribution in [0.4, 0.5) is 0 Å². The van der Waals surface area contributed by atoms with Gasteiger partial charge in [0.15, 0.2) is 11.5 Å². The highest BCUT2D eigenvalue weighted by molar-refractivity contribution is 9.09. The minimum Gasteiger partial charge on any atom is -0.489 e. The SMILES string of the molecule is CC1COc2ccc(C(C)Br)cc2OC1. The summed E-state index contributed by atoms with van der Waals surface area (Å²) < 4.78 is 11.4.